The van der Waals surface area contributed by atoms with E-state index in [1.54, 1.807) is 11.3 Å². The molecule has 0 aliphatic carbocycles. The Morgan fingerprint density at radius 2 is 2.00 bits per heavy atom. The van der Waals surface area contributed by atoms with Gasteiger partial charge in [0.1, 0.15) is 0 Å². The van der Waals surface area contributed by atoms with E-state index in [9.17, 15) is 0 Å². The minimum atomic E-state index is 0.0312. The molecule has 0 spiro atoms. The van der Waals surface area contributed by atoms with Crippen molar-refractivity contribution in [3.63, 3.8) is 0 Å². The monoisotopic (exact) mass is 184 g/mol. The highest BCUT2D eigenvalue weighted by atomic mass is 32.1. The van der Waals surface area contributed by atoms with E-state index in [1.807, 2.05) is 11.4 Å². The summed E-state index contributed by atoms with van der Waals surface area (Å²) in [4.78, 5) is 0. The topological polar surface area (TPSA) is 52.0 Å². The Morgan fingerprint density at radius 3 is 2.33 bits per heavy atom. The first-order chi connectivity index (χ1) is 5.43. The van der Waals surface area contributed by atoms with E-state index in [-0.39, 0.29) is 11.5 Å². The summed E-state index contributed by atoms with van der Waals surface area (Å²) in [6.07, 6.45) is 0. The van der Waals surface area contributed by atoms with Gasteiger partial charge in [0.15, 0.2) is 0 Å². The van der Waals surface area contributed by atoms with Gasteiger partial charge in [-0.15, -0.1) is 11.3 Å². The van der Waals surface area contributed by atoms with Crippen LogP contribution in [0.5, 0.6) is 0 Å². The zero-order valence-electron chi connectivity index (χ0n) is 7.79. The van der Waals surface area contributed by atoms with E-state index in [0.29, 0.717) is 0 Å². The molecule has 0 bridgehead atoms. The number of anilines is 1. The van der Waals surface area contributed by atoms with Crippen molar-refractivity contribution >= 4 is 16.3 Å². The van der Waals surface area contributed by atoms with Crippen LogP contribution in [0.25, 0.3) is 0 Å². The third kappa shape index (κ3) is 1.79. The van der Waals surface area contributed by atoms with Gasteiger partial charge in [0, 0.05) is 11.6 Å². The second-order valence-corrected chi connectivity index (χ2v) is 5.03. The van der Waals surface area contributed by atoms with Crippen molar-refractivity contribution in [2.75, 3.05) is 5.73 Å². The molecule has 0 amide bonds. The van der Waals surface area contributed by atoms with Gasteiger partial charge in [-0.1, -0.05) is 20.8 Å². The summed E-state index contributed by atoms with van der Waals surface area (Å²) in [6.45, 7) is 6.36. The standard InChI is InChI=1S/C9H16N2S/c1-9(2,3)7(10)6-4-5-12-8(6)11/h4-5,7H,10-11H2,1-3H3/t7-/m1/s1. The van der Waals surface area contributed by atoms with Gasteiger partial charge in [0.2, 0.25) is 0 Å². The van der Waals surface area contributed by atoms with Gasteiger partial charge < -0.3 is 11.5 Å². The summed E-state index contributed by atoms with van der Waals surface area (Å²) in [5.41, 5.74) is 13.0. The van der Waals surface area contributed by atoms with Crippen LogP contribution in [0.4, 0.5) is 5.00 Å². The Labute approximate surface area is 77.6 Å². The smallest absolute Gasteiger partial charge is 0.0904 e. The summed E-state index contributed by atoms with van der Waals surface area (Å²) in [7, 11) is 0. The summed E-state index contributed by atoms with van der Waals surface area (Å²) >= 11 is 1.55. The first-order valence-electron chi connectivity index (χ1n) is 4.01. The highest BCUT2D eigenvalue weighted by molar-refractivity contribution is 7.14. The number of thiophene rings is 1. The fourth-order valence-corrected chi connectivity index (χ4v) is 1.75. The third-order valence-electron chi connectivity index (χ3n) is 2.00. The van der Waals surface area contributed by atoms with Gasteiger partial charge in [-0.25, -0.2) is 0 Å². The summed E-state index contributed by atoms with van der Waals surface area (Å²) in [6, 6.07) is 2.04. The van der Waals surface area contributed by atoms with Crippen LogP contribution in [-0.4, -0.2) is 0 Å². The average molecular weight is 184 g/mol. The highest BCUT2D eigenvalue weighted by Crippen LogP contribution is 2.35. The van der Waals surface area contributed by atoms with Gasteiger partial charge in [-0.3, -0.25) is 0 Å². The van der Waals surface area contributed by atoms with Crippen molar-refractivity contribution in [3.8, 4) is 0 Å². The second kappa shape index (κ2) is 3.07. The lowest BCUT2D eigenvalue weighted by Crippen LogP contribution is -2.26. The Morgan fingerprint density at radius 1 is 1.42 bits per heavy atom. The highest BCUT2D eigenvalue weighted by Gasteiger charge is 2.24. The fraction of sp³-hybridized carbons (Fsp3) is 0.556. The third-order valence-corrected chi connectivity index (χ3v) is 2.76. The van der Waals surface area contributed by atoms with Crippen LogP contribution in [0.3, 0.4) is 0 Å². The van der Waals surface area contributed by atoms with Crippen LogP contribution in [-0.2, 0) is 0 Å². The number of hydrogen-bond donors (Lipinski definition) is 2. The summed E-state index contributed by atoms with van der Waals surface area (Å²) in [5.74, 6) is 0. The molecule has 0 aliphatic rings. The number of hydrogen-bond acceptors (Lipinski definition) is 3. The minimum Gasteiger partial charge on any atom is -0.390 e. The lowest BCUT2D eigenvalue weighted by Gasteiger charge is -2.26. The van der Waals surface area contributed by atoms with Crippen LogP contribution in [0.1, 0.15) is 32.4 Å². The molecular formula is C9H16N2S. The van der Waals surface area contributed by atoms with Crippen molar-refractivity contribution in [3.05, 3.63) is 17.0 Å². The predicted octanol–water partition coefficient (Wildman–Crippen LogP) is 2.38. The van der Waals surface area contributed by atoms with Crippen LogP contribution in [0, 0.1) is 5.41 Å². The van der Waals surface area contributed by atoms with Crippen LogP contribution in [0.2, 0.25) is 0 Å². The first kappa shape index (κ1) is 9.55. The largest absolute Gasteiger partial charge is 0.390 e. The molecule has 1 aromatic rings. The van der Waals surface area contributed by atoms with Gasteiger partial charge in [0.25, 0.3) is 0 Å². The maximum absolute atomic E-state index is 6.04. The fourth-order valence-electron chi connectivity index (χ4n) is 1.05. The number of rotatable bonds is 1. The van der Waals surface area contributed by atoms with E-state index in [1.165, 1.54) is 0 Å². The van der Waals surface area contributed by atoms with E-state index >= 15 is 0 Å². The lowest BCUT2D eigenvalue weighted by atomic mass is 9.84. The van der Waals surface area contributed by atoms with Crippen LogP contribution in [0.15, 0.2) is 11.4 Å². The van der Waals surface area contributed by atoms with E-state index in [4.69, 9.17) is 11.5 Å². The molecule has 0 fully saturated rings. The normalized spacial score (nSPS) is 14.7. The van der Waals surface area contributed by atoms with Crippen molar-refractivity contribution in [1.29, 1.82) is 0 Å². The van der Waals surface area contributed by atoms with Crippen LogP contribution >= 0.6 is 11.3 Å². The molecule has 3 heteroatoms. The molecule has 12 heavy (non-hydrogen) atoms. The minimum absolute atomic E-state index is 0.0312. The molecule has 68 valence electrons. The van der Waals surface area contributed by atoms with Gasteiger partial charge in [0.05, 0.1) is 5.00 Å². The molecule has 0 aromatic carbocycles. The molecule has 1 heterocycles. The molecule has 1 atom stereocenters. The van der Waals surface area contributed by atoms with E-state index in [0.717, 1.165) is 10.6 Å². The summed E-state index contributed by atoms with van der Waals surface area (Å²) in [5, 5.41) is 2.83. The van der Waals surface area contributed by atoms with Gasteiger partial charge in [-0.05, 0) is 16.9 Å². The molecular weight excluding hydrogens is 168 g/mol. The molecule has 2 nitrogen and oxygen atoms in total. The molecule has 0 saturated heterocycles. The zero-order chi connectivity index (χ0) is 9.35. The molecule has 1 rings (SSSR count). The number of nitrogen functional groups attached to an aromatic ring is 1. The Balaban J connectivity index is 2.92. The van der Waals surface area contributed by atoms with Crippen molar-refractivity contribution in [2.45, 2.75) is 26.8 Å². The van der Waals surface area contributed by atoms with E-state index < -0.39 is 0 Å². The maximum atomic E-state index is 6.04. The second-order valence-electron chi connectivity index (χ2n) is 4.08. The van der Waals surface area contributed by atoms with Gasteiger partial charge in [-0.2, -0.15) is 0 Å². The Bertz CT molecular complexity index is 260. The Kier molecular flexibility index (Phi) is 2.44. The Hall–Kier alpha value is -0.540. The molecule has 4 N–H and O–H groups in total. The number of nitrogens with two attached hydrogens (primary N) is 2. The zero-order valence-corrected chi connectivity index (χ0v) is 8.61. The SMILES string of the molecule is CC(C)(C)[C@H](N)c1ccsc1N. The first-order valence-corrected chi connectivity index (χ1v) is 4.89. The molecule has 0 unspecified atom stereocenters. The van der Waals surface area contributed by atoms with Crippen molar-refractivity contribution in [2.24, 2.45) is 11.1 Å². The van der Waals surface area contributed by atoms with Crippen molar-refractivity contribution < 1.29 is 0 Å². The molecule has 0 radical (unpaired) electrons. The molecule has 1 aromatic heterocycles. The quantitative estimate of drug-likeness (QED) is 0.704. The summed E-state index contributed by atoms with van der Waals surface area (Å²) < 4.78 is 0. The molecule has 0 saturated carbocycles. The van der Waals surface area contributed by atoms with Crippen molar-refractivity contribution in [1.82, 2.24) is 0 Å². The maximum Gasteiger partial charge on any atom is 0.0904 e. The van der Waals surface area contributed by atoms with Crippen LogP contribution < -0.4 is 11.5 Å². The lowest BCUT2D eigenvalue weighted by molar-refractivity contribution is 0.328. The van der Waals surface area contributed by atoms with Gasteiger partial charge >= 0.3 is 0 Å². The molecule has 0 aliphatic heterocycles. The predicted molar refractivity (Wildman–Crippen MR) is 55.1 cm³/mol. The van der Waals surface area contributed by atoms with E-state index in [2.05, 4.69) is 20.8 Å². The average Bonchev–Trinajstić information content (AvgIpc) is 2.31.